The quantitative estimate of drug-likeness (QED) is 0.863. The van der Waals surface area contributed by atoms with Gasteiger partial charge in [-0.15, -0.1) is 0 Å². The fourth-order valence-electron chi connectivity index (χ4n) is 2.01. The maximum absolute atomic E-state index is 10.7. The van der Waals surface area contributed by atoms with Crippen LogP contribution in [0.5, 0.6) is 0 Å². The Kier molecular flexibility index (Phi) is 4.11. The molecule has 2 rings (SSSR count). The molecule has 0 spiro atoms. The Labute approximate surface area is 119 Å². The Hall–Kier alpha value is -2.26. The molecular formula is C17H18N2O. The molecule has 1 unspecified atom stereocenters. The van der Waals surface area contributed by atoms with Gasteiger partial charge in [0.2, 0.25) is 0 Å². The van der Waals surface area contributed by atoms with E-state index in [0.29, 0.717) is 5.69 Å². The molecule has 0 amide bonds. The van der Waals surface area contributed by atoms with Gasteiger partial charge in [0, 0.05) is 18.6 Å². The molecule has 2 aromatic heterocycles. The molecule has 2 aromatic rings. The van der Waals surface area contributed by atoms with Crippen molar-refractivity contribution in [2.45, 2.75) is 19.4 Å². The largest absolute Gasteiger partial charge is 0.379 e. The summed E-state index contributed by atoms with van der Waals surface area (Å²) in [4.78, 5) is 8.35. The van der Waals surface area contributed by atoms with E-state index in [-0.39, 0.29) is 0 Å². The average molecular weight is 266 g/mol. The summed E-state index contributed by atoms with van der Waals surface area (Å²) in [6.07, 6.45) is 8.76. The van der Waals surface area contributed by atoms with Gasteiger partial charge in [0.25, 0.3) is 0 Å². The summed E-state index contributed by atoms with van der Waals surface area (Å²) in [5.41, 5.74) is 2.35. The monoisotopic (exact) mass is 266 g/mol. The van der Waals surface area contributed by atoms with Crippen molar-refractivity contribution in [3.63, 3.8) is 0 Å². The highest BCUT2D eigenvalue weighted by atomic mass is 16.3. The van der Waals surface area contributed by atoms with Crippen molar-refractivity contribution in [1.29, 1.82) is 0 Å². The molecule has 0 aliphatic rings. The van der Waals surface area contributed by atoms with Crippen LogP contribution >= 0.6 is 0 Å². The summed E-state index contributed by atoms with van der Waals surface area (Å²) in [7, 11) is 0. The first-order chi connectivity index (χ1) is 9.55. The first-order valence-corrected chi connectivity index (χ1v) is 6.45. The van der Waals surface area contributed by atoms with E-state index >= 15 is 0 Å². The number of allylic oxidation sites excluding steroid dienone is 3. The van der Waals surface area contributed by atoms with Gasteiger partial charge in [-0.2, -0.15) is 0 Å². The number of hydrogen-bond acceptors (Lipinski definition) is 3. The molecule has 0 bridgehead atoms. The smallest absolute Gasteiger partial charge is 0.129 e. The maximum Gasteiger partial charge on any atom is 0.129 e. The van der Waals surface area contributed by atoms with Crippen LogP contribution < -0.4 is 0 Å². The van der Waals surface area contributed by atoms with E-state index in [4.69, 9.17) is 0 Å². The fourth-order valence-corrected chi connectivity index (χ4v) is 2.01. The predicted molar refractivity (Wildman–Crippen MR) is 81.0 cm³/mol. The van der Waals surface area contributed by atoms with Crippen molar-refractivity contribution in [2.75, 3.05) is 0 Å². The number of nitrogens with zero attached hydrogens (tertiary/aromatic N) is 2. The number of rotatable bonds is 4. The van der Waals surface area contributed by atoms with Crippen LogP contribution in [0.1, 0.15) is 30.7 Å². The predicted octanol–water partition coefficient (Wildman–Crippen LogP) is 3.32. The normalized spacial score (nSPS) is 14.7. The Morgan fingerprint density at radius 1 is 1.25 bits per heavy atom. The zero-order chi connectivity index (χ0) is 14.6. The number of aliphatic hydroxyl groups is 1. The van der Waals surface area contributed by atoms with Gasteiger partial charge >= 0.3 is 0 Å². The van der Waals surface area contributed by atoms with Gasteiger partial charge in [-0.3, -0.25) is 9.97 Å². The van der Waals surface area contributed by atoms with Crippen molar-refractivity contribution in [3.8, 4) is 0 Å². The Morgan fingerprint density at radius 3 is 2.50 bits per heavy atom. The minimum absolute atomic E-state index is 0.610. The van der Waals surface area contributed by atoms with E-state index in [2.05, 4.69) is 16.5 Å². The van der Waals surface area contributed by atoms with E-state index < -0.39 is 5.60 Å². The van der Waals surface area contributed by atoms with Crippen LogP contribution in [-0.4, -0.2) is 15.1 Å². The van der Waals surface area contributed by atoms with E-state index in [1.807, 2.05) is 25.1 Å². The van der Waals surface area contributed by atoms with Crippen LogP contribution in [0.4, 0.5) is 0 Å². The molecule has 3 heteroatoms. The van der Waals surface area contributed by atoms with Crippen LogP contribution in [0.15, 0.2) is 61.6 Å². The molecule has 0 aliphatic carbocycles. The highest BCUT2D eigenvalue weighted by Gasteiger charge is 2.26. The van der Waals surface area contributed by atoms with Crippen molar-refractivity contribution >= 4 is 5.57 Å². The zero-order valence-corrected chi connectivity index (χ0v) is 11.7. The van der Waals surface area contributed by atoms with Crippen molar-refractivity contribution in [2.24, 2.45) is 0 Å². The van der Waals surface area contributed by atoms with Crippen LogP contribution in [-0.2, 0) is 5.60 Å². The second-order valence-electron chi connectivity index (χ2n) is 4.83. The Balaban J connectivity index is 2.35. The summed E-state index contributed by atoms with van der Waals surface area (Å²) in [6.45, 7) is 7.41. The fraction of sp³-hybridized carbons (Fsp3) is 0.176. The number of hydrogen-bond donors (Lipinski definition) is 1. The molecular weight excluding hydrogens is 248 g/mol. The van der Waals surface area contributed by atoms with Gasteiger partial charge in [0.05, 0.1) is 5.69 Å². The van der Waals surface area contributed by atoms with Gasteiger partial charge in [-0.1, -0.05) is 24.8 Å². The summed E-state index contributed by atoms with van der Waals surface area (Å²) < 4.78 is 0. The van der Waals surface area contributed by atoms with E-state index in [1.54, 1.807) is 43.7 Å². The summed E-state index contributed by atoms with van der Waals surface area (Å²) in [6, 6.07) is 7.38. The van der Waals surface area contributed by atoms with Crippen molar-refractivity contribution in [3.05, 3.63) is 78.4 Å². The Morgan fingerprint density at radius 2 is 1.95 bits per heavy atom. The average Bonchev–Trinajstić information content (AvgIpc) is 2.48. The molecule has 102 valence electrons. The summed E-state index contributed by atoms with van der Waals surface area (Å²) in [5, 5.41) is 10.7. The molecule has 2 heterocycles. The second kappa shape index (κ2) is 5.80. The Bertz CT molecular complexity index is 613. The molecule has 0 saturated carbocycles. The number of pyridine rings is 2. The molecule has 1 N–H and O–H groups in total. The summed E-state index contributed by atoms with van der Waals surface area (Å²) in [5.74, 6) is 0. The zero-order valence-electron chi connectivity index (χ0n) is 11.7. The maximum atomic E-state index is 10.7. The molecule has 0 aliphatic heterocycles. The highest BCUT2D eigenvalue weighted by Crippen LogP contribution is 2.27. The lowest BCUT2D eigenvalue weighted by Gasteiger charge is -2.23. The lowest BCUT2D eigenvalue weighted by Crippen LogP contribution is -2.24. The van der Waals surface area contributed by atoms with Gasteiger partial charge in [0.1, 0.15) is 5.60 Å². The molecule has 3 nitrogen and oxygen atoms in total. The molecule has 1 atom stereocenters. The highest BCUT2D eigenvalue weighted by molar-refractivity contribution is 5.64. The van der Waals surface area contributed by atoms with Gasteiger partial charge in [0.15, 0.2) is 0 Å². The second-order valence-corrected chi connectivity index (χ2v) is 4.83. The number of aromatic nitrogens is 2. The minimum atomic E-state index is -1.13. The van der Waals surface area contributed by atoms with Crippen LogP contribution in [0, 0.1) is 0 Å². The van der Waals surface area contributed by atoms with Gasteiger partial charge in [-0.25, -0.2) is 0 Å². The van der Waals surface area contributed by atoms with Gasteiger partial charge < -0.3 is 5.11 Å². The SMILES string of the molecule is C=CC=C(C)c1ccc(C(C)(O)c2ccncc2)nc1. The lowest BCUT2D eigenvalue weighted by atomic mass is 9.92. The van der Waals surface area contributed by atoms with Crippen molar-refractivity contribution in [1.82, 2.24) is 9.97 Å². The van der Waals surface area contributed by atoms with E-state index in [0.717, 1.165) is 16.7 Å². The third-order valence-corrected chi connectivity index (χ3v) is 3.33. The van der Waals surface area contributed by atoms with E-state index in [9.17, 15) is 5.11 Å². The van der Waals surface area contributed by atoms with Crippen molar-refractivity contribution < 1.29 is 5.11 Å². The van der Waals surface area contributed by atoms with Gasteiger partial charge in [-0.05, 0) is 48.7 Å². The van der Waals surface area contributed by atoms with Crippen LogP contribution in [0.2, 0.25) is 0 Å². The summed E-state index contributed by atoms with van der Waals surface area (Å²) >= 11 is 0. The topological polar surface area (TPSA) is 46.0 Å². The third kappa shape index (κ3) is 2.83. The first kappa shape index (κ1) is 14.2. The third-order valence-electron chi connectivity index (χ3n) is 3.33. The lowest BCUT2D eigenvalue weighted by molar-refractivity contribution is 0.0973. The molecule has 20 heavy (non-hydrogen) atoms. The molecule has 0 radical (unpaired) electrons. The molecule has 0 saturated heterocycles. The molecule has 0 aromatic carbocycles. The first-order valence-electron chi connectivity index (χ1n) is 6.45. The molecule has 0 fully saturated rings. The van der Waals surface area contributed by atoms with Crippen LogP contribution in [0.3, 0.4) is 0 Å². The standard InChI is InChI=1S/C17H18N2O/c1-4-5-13(2)14-6-7-16(19-12-14)17(3,20)15-8-10-18-11-9-15/h4-12,20H,1H2,2-3H3. The minimum Gasteiger partial charge on any atom is -0.379 e. The van der Waals surface area contributed by atoms with E-state index in [1.165, 1.54) is 0 Å². The van der Waals surface area contributed by atoms with Crippen LogP contribution in [0.25, 0.3) is 5.57 Å².